The molecule has 0 saturated carbocycles. The van der Waals surface area contributed by atoms with E-state index in [1.54, 1.807) is 23.0 Å². The van der Waals surface area contributed by atoms with Gasteiger partial charge in [0.05, 0.1) is 12.7 Å². The number of hydrogen-bond acceptors (Lipinski definition) is 3. The number of phenolic OH excluding ortho intramolecular Hbond substituents is 1. The summed E-state index contributed by atoms with van der Waals surface area (Å²) in [5.41, 5.74) is 2.04. The van der Waals surface area contributed by atoms with E-state index >= 15 is 0 Å². The fraction of sp³-hybridized carbons (Fsp3) is 0.308. The lowest BCUT2D eigenvalue weighted by Crippen LogP contribution is -2.12. The smallest absolute Gasteiger partial charge is 0.115 e. The third-order valence-corrected chi connectivity index (χ3v) is 2.57. The number of nitrogens with one attached hydrogen (secondary N) is 1. The minimum Gasteiger partial charge on any atom is -0.508 e. The Morgan fingerprint density at radius 1 is 1.28 bits per heavy atom. The Bertz CT molecular complexity index is 498. The van der Waals surface area contributed by atoms with Crippen LogP contribution >= 0.6 is 0 Å². The summed E-state index contributed by atoms with van der Waals surface area (Å²) in [5.74, 6) is 0.269. The molecule has 1 aromatic heterocycles. The molecule has 0 aliphatic heterocycles. The Balaban J connectivity index is 1.81. The number of phenols is 1. The minimum absolute atomic E-state index is 0.269. The third-order valence-electron chi connectivity index (χ3n) is 2.57. The van der Waals surface area contributed by atoms with Crippen LogP contribution in [0.4, 0.5) is 4.39 Å². The molecule has 0 spiro atoms. The maximum Gasteiger partial charge on any atom is 0.115 e. The monoisotopic (exact) mass is 249 g/mol. The van der Waals surface area contributed by atoms with Crippen LogP contribution < -0.4 is 5.32 Å². The number of aromatic hydroxyl groups is 1. The Morgan fingerprint density at radius 3 is 2.89 bits per heavy atom. The van der Waals surface area contributed by atoms with Gasteiger partial charge in [0, 0.05) is 24.8 Å². The number of halogens is 1. The molecule has 1 aromatic carbocycles. The first-order valence-electron chi connectivity index (χ1n) is 5.84. The van der Waals surface area contributed by atoms with Gasteiger partial charge in [0.15, 0.2) is 0 Å². The summed E-state index contributed by atoms with van der Waals surface area (Å²) in [4.78, 5) is 0. The van der Waals surface area contributed by atoms with Crippen molar-refractivity contribution in [2.45, 2.75) is 19.6 Å². The number of nitrogens with zero attached hydrogens (tertiary/aromatic N) is 2. The van der Waals surface area contributed by atoms with Gasteiger partial charge in [0.1, 0.15) is 12.4 Å². The number of benzene rings is 1. The predicted octanol–water partition coefficient (Wildman–Crippen LogP) is 1.85. The molecular weight excluding hydrogens is 233 g/mol. The van der Waals surface area contributed by atoms with Crippen LogP contribution in [0, 0.1) is 0 Å². The lowest BCUT2D eigenvalue weighted by atomic mass is 10.2. The lowest BCUT2D eigenvalue weighted by molar-refractivity contribution is 0.427. The lowest BCUT2D eigenvalue weighted by Gasteiger charge is -2.03. The van der Waals surface area contributed by atoms with Crippen LogP contribution in [0.25, 0.3) is 0 Å². The van der Waals surface area contributed by atoms with Crippen molar-refractivity contribution in [1.29, 1.82) is 0 Å². The summed E-state index contributed by atoms with van der Waals surface area (Å²) >= 11 is 0. The Morgan fingerprint density at radius 2 is 2.11 bits per heavy atom. The molecule has 0 atom stereocenters. The van der Waals surface area contributed by atoms with Crippen molar-refractivity contribution in [2.24, 2.45) is 0 Å². The van der Waals surface area contributed by atoms with E-state index in [1.807, 2.05) is 18.3 Å². The van der Waals surface area contributed by atoms with Gasteiger partial charge in [-0.2, -0.15) is 5.10 Å². The number of rotatable bonds is 6. The highest BCUT2D eigenvalue weighted by Crippen LogP contribution is 2.10. The minimum atomic E-state index is -0.405. The Hall–Kier alpha value is -1.88. The molecule has 0 unspecified atom stereocenters. The second-order valence-corrected chi connectivity index (χ2v) is 4.07. The molecule has 5 heteroatoms. The zero-order chi connectivity index (χ0) is 12.8. The molecule has 18 heavy (non-hydrogen) atoms. The molecular formula is C13H16FN3O. The van der Waals surface area contributed by atoms with Crippen molar-refractivity contribution in [1.82, 2.24) is 15.1 Å². The van der Waals surface area contributed by atoms with E-state index in [-0.39, 0.29) is 5.75 Å². The molecule has 2 aromatic rings. The number of aromatic nitrogens is 2. The highest BCUT2D eigenvalue weighted by Gasteiger charge is 1.99. The van der Waals surface area contributed by atoms with Gasteiger partial charge in [0.25, 0.3) is 0 Å². The van der Waals surface area contributed by atoms with Crippen LogP contribution in [0.5, 0.6) is 5.75 Å². The molecule has 0 aliphatic carbocycles. The summed E-state index contributed by atoms with van der Waals surface area (Å²) in [7, 11) is 0. The molecule has 0 saturated heterocycles. The average molecular weight is 249 g/mol. The van der Waals surface area contributed by atoms with E-state index in [1.165, 1.54) is 0 Å². The molecule has 2 rings (SSSR count). The molecule has 0 radical (unpaired) electrons. The van der Waals surface area contributed by atoms with Gasteiger partial charge in [-0.25, -0.2) is 4.39 Å². The predicted molar refractivity (Wildman–Crippen MR) is 66.9 cm³/mol. The van der Waals surface area contributed by atoms with Crippen molar-refractivity contribution in [3.63, 3.8) is 0 Å². The van der Waals surface area contributed by atoms with E-state index in [0.717, 1.165) is 11.1 Å². The first-order chi connectivity index (χ1) is 8.78. The normalized spacial score (nSPS) is 10.7. The quantitative estimate of drug-likeness (QED) is 0.821. The van der Waals surface area contributed by atoms with E-state index in [0.29, 0.717) is 19.6 Å². The van der Waals surface area contributed by atoms with Crippen molar-refractivity contribution in [3.05, 3.63) is 47.8 Å². The first kappa shape index (κ1) is 12.6. The van der Waals surface area contributed by atoms with Gasteiger partial charge in [-0.05, 0) is 17.7 Å². The van der Waals surface area contributed by atoms with Gasteiger partial charge < -0.3 is 10.4 Å². The molecule has 4 nitrogen and oxygen atoms in total. The first-order valence-corrected chi connectivity index (χ1v) is 5.84. The molecule has 2 N–H and O–H groups in total. The fourth-order valence-electron chi connectivity index (χ4n) is 1.72. The molecule has 0 bridgehead atoms. The van der Waals surface area contributed by atoms with Gasteiger partial charge in [-0.3, -0.25) is 4.68 Å². The third kappa shape index (κ3) is 3.56. The SMILES string of the molecule is Oc1cccc(CNCc2cnn(CCF)c2)c1. The average Bonchev–Trinajstić information content (AvgIpc) is 2.78. The second kappa shape index (κ2) is 6.16. The van der Waals surface area contributed by atoms with E-state index in [4.69, 9.17) is 0 Å². The van der Waals surface area contributed by atoms with Crippen LogP contribution in [-0.4, -0.2) is 21.6 Å². The molecule has 0 aliphatic rings. The Labute approximate surface area is 105 Å². The second-order valence-electron chi connectivity index (χ2n) is 4.07. The Kier molecular flexibility index (Phi) is 4.30. The van der Waals surface area contributed by atoms with Crippen LogP contribution in [-0.2, 0) is 19.6 Å². The van der Waals surface area contributed by atoms with Crippen LogP contribution in [0.2, 0.25) is 0 Å². The number of alkyl halides is 1. The van der Waals surface area contributed by atoms with E-state index in [2.05, 4.69) is 10.4 Å². The van der Waals surface area contributed by atoms with Gasteiger partial charge in [0.2, 0.25) is 0 Å². The van der Waals surface area contributed by atoms with Crippen molar-refractivity contribution in [2.75, 3.05) is 6.67 Å². The maximum absolute atomic E-state index is 12.1. The summed E-state index contributed by atoms with van der Waals surface area (Å²) in [5, 5.41) is 16.6. The fourth-order valence-corrected chi connectivity index (χ4v) is 1.72. The van der Waals surface area contributed by atoms with E-state index < -0.39 is 6.67 Å². The summed E-state index contributed by atoms with van der Waals surface area (Å²) in [6, 6.07) is 7.12. The number of aryl methyl sites for hydroxylation is 1. The van der Waals surface area contributed by atoms with Gasteiger partial charge >= 0.3 is 0 Å². The number of hydrogen-bond donors (Lipinski definition) is 2. The zero-order valence-corrected chi connectivity index (χ0v) is 10.0. The van der Waals surface area contributed by atoms with Crippen molar-refractivity contribution in [3.8, 4) is 5.75 Å². The van der Waals surface area contributed by atoms with Crippen LogP contribution in [0.3, 0.4) is 0 Å². The summed E-state index contributed by atoms with van der Waals surface area (Å²) < 4.78 is 13.7. The summed E-state index contributed by atoms with van der Waals surface area (Å²) in [6.45, 7) is 1.23. The van der Waals surface area contributed by atoms with Crippen LogP contribution in [0.1, 0.15) is 11.1 Å². The topological polar surface area (TPSA) is 50.1 Å². The van der Waals surface area contributed by atoms with Gasteiger partial charge in [-0.15, -0.1) is 0 Å². The highest BCUT2D eigenvalue weighted by atomic mass is 19.1. The maximum atomic E-state index is 12.1. The largest absolute Gasteiger partial charge is 0.508 e. The molecule has 0 amide bonds. The summed E-state index contributed by atoms with van der Waals surface area (Å²) in [6.07, 6.45) is 3.56. The molecule has 0 fully saturated rings. The standard InChI is InChI=1S/C13H16FN3O/c14-4-5-17-10-12(9-16-17)8-15-7-11-2-1-3-13(18)6-11/h1-3,6,9-10,15,18H,4-5,7-8H2. The highest BCUT2D eigenvalue weighted by molar-refractivity contribution is 5.26. The zero-order valence-electron chi connectivity index (χ0n) is 10.0. The van der Waals surface area contributed by atoms with Crippen molar-refractivity contribution >= 4 is 0 Å². The molecule has 1 heterocycles. The van der Waals surface area contributed by atoms with Crippen molar-refractivity contribution < 1.29 is 9.50 Å². The van der Waals surface area contributed by atoms with E-state index in [9.17, 15) is 9.50 Å². The van der Waals surface area contributed by atoms with Crippen LogP contribution in [0.15, 0.2) is 36.7 Å². The van der Waals surface area contributed by atoms with Gasteiger partial charge in [-0.1, -0.05) is 12.1 Å². The molecule has 96 valence electrons.